The molecular weight excluding hydrogens is 450 g/mol. The third-order valence-corrected chi connectivity index (χ3v) is 4.31. The fraction of sp³-hybridized carbons (Fsp3) is 0.318. The van der Waals surface area contributed by atoms with Crippen LogP contribution >= 0.6 is 15.9 Å². The first-order valence-corrected chi connectivity index (χ1v) is 10.3. The van der Waals surface area contributed by atoms with Gasteiger partial charge in [0.15, 0.2) is 0 Å². The summed E-state index contributed by atoms with van der Waals surface area (Å²) >= 11 is 3.46. The number of rotatable bonds is 7. The van der Waals surface area contributed by atoms with Crippen LogP contribution in [0.15, 0.2) is 53.1 Å². The van der Waals surface area contributed by atoms with Gasteiger partial charge in [0.1, 0.15) is 24.6 Å². The minimum Gasteiger partial charge on any atom is -0.488 e. The van der Waals surface area contributed by atoms with Crippen LogP contribution in [0.3, 0.4) is 0 Å². The van der Waals surface area contributed by atoms with Crippen LogP contribution in [-0.4, -0.2) is 34.9 Å². The predicted molar refractivity (Wildman–Crippen MR) is 118 cm³/mol. The number of nitrogens with one attached hydrogen (secondary N) is 1. The molecule has 30 heavy (non-hydrogen) atoms. The zero-order valence-electron chi connectivity index (χ0n) is 17.1. The van der Waals surface area contributed by atoms with Crippen LogP contribution < -0.4 is 14.8 Å². The van der Waals surface area contributed by atoms with E-state index < -0.39 is 11.7 Å². The van der Waals surface area contributed by atoms with Crippen LogP contribution in [0.2, 0.25) is 0 Å². The maximum atomic E-state index is 11.7. The van der Waals surface area contributed by atoms with Crippen molar-refractivity contribution >= 4 is 32.9 Å². The molecule has 0 saturated heterocycles. The first kappa shape index (κ1) is 21.8. The maximum Gasteiger partial charge on any atom is 0.407 e. The van der Waals surface area contributed by atoms with E-state index in [9.17, 15) is 4.79 Å². The summed E-state index contributed by atoms with van der Waals surface area (Å²) in [6.45, 7) is 6.37. The molecule has 158 valence electrons. The summed E-state index contributed by atoms with van der Waals surface area (Å²) < 4.78 is 17.6. The number of carbonyl (C=O) groups excluding carboxylic acids is 1. The van der Waals surface area contributed by atoms with Crippen molar-refractivity contribution in [2.24, 2.45) is 0 Å². The fourth-order valence-electron chi connectivity index (χ4n) is 2.58. The molecule has 8 heteroatoms. The van der Waals surface area contributed by atoms with Crippen LogP contribution in [0.1, 0.15) is 26.5 Å². The van der Waals surface area contributed by atoms with Crippen molar-refractivity contribution in [3.63, 3.8) is 0 Å². The lowest BCUT2D eigenvalue weighted by molar-refractivity contribution is 0.0522. The molecule has 1 amide bonds. The third kappa shape index (κ3) is 6.88. The monoisotopic (exact) mass is 473 g/mol. The molecular formula is C22H24BrN3O4. The average molecular weight is 474 g/mol. The van der Waals surface area contributed by atoms with Crippen LogP contribution in [0.25, 0.3) is 10.9 Å². The Labute approximate surface area is 183 Å². The van der Waals surface area contributed by atoms with E-state index in [0.717, 1.165) is 15.4 Å². The molecule has 0 aliphatic rings. The molecule has 0 unspecified atom stereocenters. The van der Waals surface area contributed by atoms with Gasteiger partial charge in [-0.05, 0) is 51.1 Å². The predicted octanol–water partition coefficient (Wildman–Crippen LogP) is 4.87. The molecule has 0 saturated carbocycles. The highest BCUT2D eigenvalue weighted by Crippen LogP contribution is 2.22. The molecule has 1 aromatic carbocycles. The van der Waals surface area contributed by atoms with Gasteiger partial charge in [-0.25, -0.2) is 9.78 Å². The lowest BCUT2D eigenvalue weighted by Crippen LogP contribution is -2.32. The van der Waals surface area contributed by atoms with Gasteiger partial charge >= 0.3 is 6.09 Å². The number of amides is 1. The molecule has 0 atom stereocenters. The number of hydrogen-bond donors (Lipinski definition) is 1. The van der Waals surface area contributed by atoms with Gasteiger partial charge in [0.25, 0.3) is 0 Å². The Hall–Kier alpha value is -2.87. The number of benzene rings is 1. The van der Waals surface area contributed by atoms with E-state index in [4.69, 9.17) is 14.2 Å². The highest BCUT2D eigenvalue weighted by molar-refractivity contribution is 9.10. The molecule has 0 radical (unpaired) electrons. The molecule has 0 bridgehead atoms. The lowest BCUT2D eigenvalue weighted by atomic mass is 10.2. The van der Waals surface area contributed by atoms with E-state index in [1.54, 1.807) is 18.3 Å². The second kappa shape index (κ2) is 9.75. The zero-order valence-corrected chi connectivity index (χ0v) is 18.7. The number of hydrogen-bond acceptors (Lipinski definition) is 6. The number of halogens is 1. The van der Waals surface area contributed by atoms with E-state index in [2.05, 4.69) is 31.2 Å². The minimum atomic E-state index is -0.542. The van der Waals surface area contributed by atoms with Crippen molar-refractivity contribution < 1.29 is 19.0 Å². The summed E-state index contributed by atoms with van der Waals surface area (Å²) in [5.74, 6) is 1.13. The molecule has 0 spiro atoms. The Kier molecular flexibility index (Phi) is 7.10. The van der Waals surface area contributed by atoms with Crippen LogP contribution in [0, 0.1) is 0 Å². The maximum absolute atomic E-state index is 11.7. The van der Waals surface area contributed by atoms with E-state index in [1.807, 2.05) is 51.1 Å². The number of ether oxygens (including phenoxy) is 3. The van der Waals surface area contributed by atoms with Crippen molar-refractivity contribution in [1.29, 1.82) is 0 Å². The summed E-state index contributed by atoms with van der Waals surface area (Å²) in [6, 6.07) is 13.2. The largest absolute Gasteiger partial charge is 0.488 e. The smallest absolute Gasteiger partial charge is 0.407 e. The molecule has 0 aliphatic heterocycles. The summed E-state index contributed by atoms with van der Waals surface area (Å²) in [7, 11) is 0. The van der Waals surface area contributed by atoms with Gasteiger partial charge < -0.3 is 19.5 Å². The zero-order chi connectivity index (χ0) is 21.6. The molecule has 1 N–H and O–H groups in total. The third-order valence-electron chi connectivity index (χ3n) is 3.81. The first-order valence-electron chi connectivity index (χ1n) is 9.52. The molecule has 3 rings (SSSR count). The van der Waals surface area contributed by atoms with Gasteiger partial charge in [-0.15, -0.1) is 0 Å². The number of alkyl carbamates (subject to hydrolysis) is 1. The van der Waals surface area contributed by atoms with Crippen molar-refractivity contribution in [3.05, 3.63) is 58.8 Å². The van der Waals surface area contributed by atoms with Crippen molar-refractivity contribution in [3.8, 4) is 11.6 Å². The summed E-state index contributed by atoms with van der Waals surface area (Å²) in [5.41, 5.74) is 1.03. The van der Waals surface area contributed by atoms with E-state index in [-0.39, 0.29) is 6.54 Å². The standard InChI is InChI=1S/C22H24BrN3O4/c1-22(2,3)30-21(27)25-13-17-5-4-6-20(26-17)29-10-9-28-18-12-15-11-16(23)7-8-19(15)24-14-18/h4-8,11-12,14H,9-10,13H2,1-3H3,(H,25,27). The number of pyridine rings is 2. The van der Waals surface area contributed by atoms with Gasteiger partial charge in [-0.2, -0.15) is 0 Å². The Morgan fingerprint density at radius 1 is 1.10 bits per heavy atom. The summed E-state index contributed by atoms with van der Waals surface area (Å²) in [4.78, 5) is 20.5. The lowest BCUT2D eigenvalue weighted by Gasteiger charge is -2.19. The Balaban J connectivity index is 1.46. The highest BCUT2D eigenvalue weighted by Gasteiger charge is 2.15. The van der Waals surface area contributed by atoms with Crippen molar-refractivity contribution in [2.45, 2.75) is 32.9 Å². The van der Waals surface area contributed by atoms with Gasteiger partial charge in [0, 0.05) is 15.9 Å². The van der Waals surface area contributed by atoms with Crippen molar-refractivity contribution in [2.75, 3.05) is 13.2 Å². The number of aromatic nitrogens is 2. The second-order valence-electron chi connectivity index (χ2n) is 7.53. The van der Waals surface area contributed by atoms with Gasteiger partial charge in [0.2, 0.25) is 5.88 Å². The van der Waals surface area contributed by atoms with E-state index in [1.165, 1.54) is 0 Å². The SMILES string of the molecule is CC(C)(C)OC(=O)NCc1cccc(OCCOc2cnc3ccc(Br)cc3c2)n1. The summed E-state index contributed by atoms with van der Waals surface area (Å²) in [6.07, 6.45) is 1.21. The Morgan fingerprint density at radius 3 is 2.70 bits per heavy atom. The normalized spacial score (nSPS) is 11.2. The minimum absolute atomic E-state index is 0.251. The topological polar surface area (TPSA) is 82.6 Å². The quantitative estimate of drug-likeness (QED) is 0.492. The summed E-state index contributed by atoms with van der Waals surface area (Å²) in [5, 5.41) is 3.67. The molecule has 2 heterocycles. The number of carbonyl (C=O) groups is 1. The van der Waals surface area contributed by atoms with Crippen LogP contribution in [0.4, 0.5) is 4.79 Å². The molecule has 0 aliphatic carbocycles. The average Bonchev–Trinajstić information content (AvgIpc) is 2.68. The highest BCUT2D eigenvalue weighted by atomic mass is 79.9. The molecule has 3 aromatic rings. The number of fused-ring (bicyclic) bond motifs is 1. The van der Waals surface area contributed by atoms with Gasteiger partial charge in [-0.1, -0.05) is 22.0 Å². The second-order valence-corrected chi connectivity index (χ2v) is 8.44. The van der Waals surface area contributed by atoms with Crippen LogP contribution in [-0.2, 0) is 11.3 Å². The Bertz CT molecular complexity index is 1020. The van der Waals surface area contributed by atoms with E-state index >= 15 is 0 Å². The van der Waals surface area contributed by atoms with Gasteiger partial charge in [0.05, 0.1) is 24.0 Å². The van der Waals surface area contributed by atoms with Crippen molar-refractivity contribution in [1.82, 2.24) is 15.3 Å². The fourth-order valence-corrected chi connectivity index (χ4v) is 2.96. The first-order chi connectivity index (χ1) is 14.3. The van der Waals surface area contributed by atoms with Crippen LogP contribution in [0.5, 0.6) is 11.6 Å². The van der Waals surface area contributed by atoms with E-state index in [0.29, 0.717) is 30.5 Å². The molecule has 0 fully saturated rings. The Morgan fingerprint density at radius 2 is 1.90 bits per heavy atom. The molecule has 2 aromatic heterocycles. The molecule has 7 nitrogen and oxygen atoms in total. The number of nitrogens with zero attached hydrogens (tertiary/aromatic N) is 2. The van der Waals surface area contributed by atoms with Gasteiger partial charge in [-0.3, -0.25) is 4.98 Å².